The van der Waals surface area contributed by atoms with Gasteiger partial charge >= 0.3 is 0 Å². The van der Waals surface area contributed by atoms with Crippen molar-refractivity contribution in [3.8, 4) is 0 Å². The molecule has 5 rings (SSSR count). The first-order valence-electron chi connectivity index (χ1n) is 12.9. The molecule has 2 aromatic carbocycles. The minimum absolute atomic E-state index is 0.138. The average Bonchev–Trinajstić information content (AvgIpc) is 3.57. The van der Waals surface area contributed by atoms with Crippen LogP contribution in [0.5, 0.6) is 0 Å². The molecule has 0 saturated heterocycles. The summed E-state index contributed by atoms with van der Waals surface area (Å²) in [7, 11) is 0. The second-order valence-electron chi connectivity index (χ2n) is 9.32. The molecule has 0 aliphatic carbocycles. The van der Waals surface area contributed by atoms with Crippen LogP contribution < -0.4 is 10.6 Å². The minimum atomic E-state index is -0.715. The molecule has 3 aromatic rings. The molecule has 3 amide bonds. The van der Waals surface area contributed by atoms with Crippen molar-refractivity contribution in [2.24, 2.45) is 9.98 Å². The molecule has 2 aliphatic rings. The number of hydrogen-bond acceptors (Lipinski definition) is 7. The first kappa shape index (κ1) is 26.4. The van der Waals surface area contributed by atoms with Crippen molar-refractivity contribution in [2.75, 3.05) is 5.32 Å². The van der Waals surface area contributed by atoms with E-state index in [-0.39, 0.29) is 37.1 Å². The number of benzene rings is 2. The zero-order valence-electron chi connectivity index (χ0n) is 21.7. The summed E-state index contributed by atoms with van der Waals surface area (Å²) in [5, 5.41) is 5.71. The zero-order chi connectivity index (χ0) is 27.4. The molecule has 3 heterocycles. The second-order valence-corrected chi connectivity index (χ2v) is 10.5. The third-order valence-corrected chi connectivity index (χ3v) is 7.75. The maximum Gasteiger partial charge on any atom is 0.259 e. The molecule has 9 nitrogen and oxygen atoms in total. The number of para-hydroxylation sites is 1. The van der Waals surface area contributed by atoms with Gasteiger partial charge in [0.2, 0.25) is 11.8 Å². The van der Waals surface area contributed by atoms with Gasteiger partial charge < -0.3 is 15.1 Å². The van der Waals surface area contributed by atoms with Gasteiger partial charge in [0, 0.05) is 17.7 Å². The van der Waals surface area contributed by atoms with E-state index >= 15 is 0 Å². The van der Waals surface area contributed by atoms with Gasteiger partial charge in [-0.2, -0.15) is 0 Å². The Morgan fingerprint density at radius 2 is 1.97 bits per heavy atom. The third kappa shape index (κ3) is 5.96. The number of amidine groups is 2. The van der Waals surface area contributed by atoms with E-state index in [1.165, 1.54) is 16.7 Å². The molecule has 0 saturated carbocycles. The zero-order valence-corrected chi connectivity index (χ0v) is 22.5. The quantitative estimate of drug-likeness (QED) is 0.402. The molecule has 0 fully saturated rings. The van der Waals surface area contributed by atoms with Gasteiger partial charge in [-0.3, -0.25) is 19.4 Å². The molecule has 0 unspecified atom stereocenters. The number of thioether (sulfide) groups is 1. The summed E-state index contributed by atoms with van der Waals surface area (Å²) in [4.78, 5) is 50.1. The van der Waals surface area contributed by atoms with Gasteiger partial charge in [0.1, 0.15) is 17.6 Å². The van der Waals surface area contributed by atoms with E-state index in [4.69, 9.17) is 14.4 Å². The highest BCUT2D eigenvalue weighted by molar-refractivity contribution is 8.15. The van der Waals surface area contributed by atoms with Crippen molar-refractivity contribution in [3.63, 3.8) is 0 Å². The van der Waals surface area contributed by atoms with E-state index in [0.29, 0.717) is 28.9 Å². The van der Waals surface area contributed by atoms with E-state index in [0.717, 1.165) is 16.8 Å². The lowest BCUT2D eigenvalue weighted by atomic mass is 10.1. The minimum Gasteiger partial charge on any atom is -0.467 e. The van der Waals surface area contributed by atoms with Crippen LogP contribution in [0.4, 0.5) is 11.4 Å². The molecule has 0 radical (unpaired) electrons. The van der Waals surface area contributed by atoms with Gasteiger partial charge in [0.25, 0.3) is 5.91 Å². The van der Waals surface area contributed by atoms with E-state index in [2.05, 4.69) is 10.6 Å². The van der Waals surface area contributed by atoms with E-state index in [9.17, 15) is 14.4 Å². The number of carbonyl (C=O) groups excluding carboxylic acids is 3. The van der Waals surface area contributed by atoms with Crippen LogP contribution in [0.1, 0.15) is 43.1 Å². The highest BCUT2D eigenvalue weighted by Crippen LogP contribution is 2.36. The van der Waals surface area contributed by atoms with Gasteiger partial charge in [-0.1, -0.05) is 43.0 Å². The number of amides is 3. The van der Waals surface area contributed by atoms with Gasteiger partial charge in [-0.15, -0.1) is 0 Å². The Hall–Kier alpha value is -4.18. The van der Waals surface area contributed by atoms with Crippen LogP contribution in [0.3, 0.4) is 0 Å². The molecular weight excluding hydrogens is 514 g/mol. The van der Waals surface area contributed by atoms with Crippen LogP contribution in [0, 0.1) is 6.92 Å². The van der Waals surface area contributed by atoms with Crippen molar-refractivity contribution in [1.29, 1.82) is 0 Å². The average molecular weight is 544 g/mol. The number of nitrogens with zero attached hydrogens (tertiary/aromatic N) is 3. The Morgan fingerprint density at radius 3 is 2.74 bits per heavy atom. The number of hydrogen-bond donors (Lipinski definition) is 2. The summed E-state index contributed by atoms with van der Waals surface area (Å²) in [6.07, 6.45) is 2.49. The van der Waals surface area contributed by atoms with Crippen molar-refractivity contribution in [3.05, 3.63) is 83.8 Å². The Kier molecular flexibility index (Phi) is 7.92. The molecular formula is C29H29N5O4S. The van der Waals surface area contributed by atoms with E-state index in [1.54, 1.807) is 18.4 Å². The first-order chi connectivity index (χ1) is 18.9. The largest absolute Gasteiger partial charge is 0.467 e. The molecule has 2 aliphatic heterocycles. The van der Waals surface area contributed by atoms with Crippen molar-refractivity contribution in [1.82, 2.24) is 10.2 Å². The summed E-state index contributed by atoms with van der Waals surface area (Å²) in [5.74, 6) is 0.557. The fourth-order valence-corrected chi connectivity index (χ4v) is 5.44. The lowest BCUT2D eigenvalue weighted by Gasteiger charge is -2.27. The number of fused-ring (bicyclic) bond motifs is 3. The molecule has 10 heteroatoms. The SMILES string of the molecule is CC[C@@H](SC1=Nc2ccccc2C2=N[C@H](CCC(=O)NCc3ccco3)C(=O)N12)C(=O)Nc1cccc(C)c1. The standard InChI is InChI=1S/C29H29N5O4S/c1-3-24(27(36)31-19-9-6-8-18(2)16-19)39-29-33-22-12-5-4-11-21(22)26-32-23(28(37)34(26)29)13-14-25(35)30-17-20-10-7-15-38-20/h4-12,15-16,23-24H,3,13-14,17H2,1-2H3,(H,30,35)(H,31,36)/t23-,24-/m1/s1. The van der Waals surface area contributed by atoms with Crippen LogP contribution in [0.2, 0.25) is 0 Å². The Morgan fingerprint density at radius 1 is 1.13 bits per heavy atom. The smallest absolute Gasteiger partial charge is 0.259 e. The maximum absolute atomic E-state index is 13.6. The number of carbonyl (C=O) groups is 3. The Bertz CT molecular complexity index is 1450. The van der Waals surface area contributed by atoms with Gasteiger partial charge in [0.15, 0.2) is 5.17 Å². The summed E-state index contributed by atoms with van der Waals surface area (Å²) < 4.78 is 5.24. The highest BCUT2D eigenvalue weighted by atomic mass is 32.2. The topological polar surface area (TPSA) is 116 Å². The molecule has 0 spiro atoms. The molecule has 2 N–H and O–H groups in total. The van der Waals surface area contributed by atoms with Crippen molar-refractivity contribution >= 4 is 51.9 Å². The number of anilines is 1. The molecule has 200 valence electrons. The predicted octanol–water partition coefficient (Wildman–Crippen LogP) is 4.79. The summed E-state index contributed by atoms with van der Waals surface area (Å²) in [5.41, 5.74) is 3.21. The van der Waals surface area contributed by atoms with Crippen molar-refractivity contribution < 1.29 is 18.8 Å². The summed E-state index contributed by atoms with van der Waals surface area (Å²) >= 11 is 1.25. The third-order valence-electron chi connectivity index (χ3n) is 6.43. The van der Waals surface area contributed by atoms with Crippen LogP contribution in [-0.4, -0.2) is 44.9 Å². The highest BCUT2D eigenvalue weighted by Gasteiger charge is 2.42. The lowest BCUT2D eigenvalue weighted by Crippen LogP contribution is -2.42. The fourth-order valence-electron chi connectivity index (χ4n) is 4.42. The molecule has 39 heavy (non-hydrogen) atoms. The van der Waals surface area contributed by atoms with Crippen LogP contribution in [0.15, 0.2) is 81.3 Å². The van der Waals surface area contributed by atoms with Gasteiger partial charge in [-0.05, 0) is 61.7 Å². The Balaban J connectivity index is 1.31. The van der Waals surface area contributed by atoms with Crippen LogP contribution >= 0.6 is 11.8 Å². The van der Waals surface area contributed by atoms with E-state index in [1.807, 2.05) is 62.4 Å². The van der Waals surface area contributed by atoms with Gasteiger partial charge in [0.05, 0.1) is 23.7 Å². The molecule has 2 atom stereocenters. The molecule has 0 bridgehead atoms. The number of rotatable bonds is 9. The molecule has 1 aromatic heterocycles. The number of aryl methyl sites for hydroxylation is 1. The number of nitrogens with one attached hydrogen (secondary N) is 2. The van der Waals surface area contributed by atoms with Crippen LogP contribution in [0.25, 0.3) is 0 Å². The van der Waals surface area contributed by atoms with Crippen molar-refractivity contribution in [2.45, 2.75) is 50.9 Å². The lowest BCUT2D eigenvalue weighted by molar-refractivity contribution is -0.125. The first-order valence-corrected chi connectivity index (χ1v) is 13.7. The Labute approximate surface area is 230 Å². The summed E-state index contributed by atoms with van der Waals surface area (Å²) in [6, 6.07) is 17.9. The second kappa shape index (κ2) is 11.7. The normalized spacial score (nSPS) is 16.6. The maximum atomic E-state index is 13.6. The monoisotopic (exact) mass is 543 g/mol. The fraction of sp³-hybridized carbons (Fsp3) is 0.276. The van der Waals surface area contributed by atoms with Crippen LogP contribution in [-0.2, 0) is 20.9 Å². The van der Waals surface area contributed by atoms with E-state index < -0.39 is 11.3 Å². The summed E-state index contributed by atoms with van der Waals surface area (Å²) in [6.45, 7) is 4.18. The number of aliphatic imine (C=N–C) groups is 2. The van der Waals surface area contributed by atoms with Gasteiger partial charge in [-0.25, -0.2) is 9.89 Å². The number of furan rings is 1. The predicted molar refractivity (Wildman–Crippen MR) is 152 cm³/mol.